The molecule has 0 aliphatic carbocycles. The summed E-state index contributed by atoms with van der Waals surface area (Å²) in [7, 11) is -2.90. The molecule has 1 aromatic carbocycles. The van der Waals surface area contributed by atoms with Crippen molar-refractivity contribution in [2.75, 3.05) is 23.8 Å². The van der Waals surface area contributed by atoms with E-state index in [1.54, 1.807) is 12.1 Å². The van der Waals surface area contributed by atoms with Gasteiger partial charge in [0, 0.05) is 12.2 Å². The highest BCUT2D eigenvalue weighted by Crippen LogP contribution is 2.25. The van der Waals surface area contributed by atoms with Gasteiger partial charge in [-0.2, -0.15) is 0 Å². The second-order valence-corrected chi connectivity index (χ2v) is 8.45. The lowest BCUT2D eigenvalue weighted by Gasteiger charge is -2.25. The van der Waals surface area contributed by atoms with E-state index in [0.29, 0.717) is 18.7 Å². The van der Waals surface area contributed by atoms with Crippen LogP contribution in [0.4, 0.5) is 5.69 Å². The minimum atomic E-state index is -2.90. The van der Waals surface area contributed by atoms with Crippen molar-refractivity contribution in [2.45, 2.75) is 25.7 Å². The van der Waals surface area contributed by atoms with Crippen molar-refractivity contribution in [1.29, 1.82) is 0 Å². The molecule has 21 heavy (non-hydrogen) atoms. The lowest BCUT2D eigenvalue weighted by atomic mass is 9.83. The van der Waals surface area contributed by atoms with E-state index in [1.807, 2.05) is 26.0 Å². The highest BCUT2D eigenvalue weighted by atomic mass is 32.2. The number of hydrogen-bond donors (Lipinski definition) is 2. The zero-order valence-corrected chi connectivity index (χ0v) is 13.2. The Labute approximate surface area is 125 Å². The second-order valence-electron chi connectivity index (χ2n) is 6.23. The fourth-order valence-electron chi connectivity index (χ4n) is 2.52. The smallest absolute Gasteiger partial charge is 0.230 e. The lowest BCUT2D eigenvalue weighted by molar-refractivity contribution is -0.125. The van der Waals surface area contributed by atoms with Crippen LogP contribution >= 0.6 is 0 Å². The lowest BCUT2D eigenvalue weighted by Crippen LogP contribution is -2.42. The van der Waals surface area contributed by atoms with Crippen LogP contribution < -0.4 is 11.1 Å². The van der Waals surface area contributed by atoms with Gasteiger partial charge in [0.25, 0.3) is 0 Å². The molecule has 0 spiro atoms. The first-order valence-corrected chi connectivity index (χ1v) is 8.87. The van der Waals surface area contributed by atoms with Gasteiger partial charge in [0.15, 0.2) is 9.84 Å². The van der Waals surface area contributed by atoms with Gasteiger partial charge in [-0.1, -0.05) is 12.1 Å². The van der Waals surface area contributed by atoms with Crippen LogP contribution in [0, 0.1) is 5.92 Å². The molecule has 3 N–H and O–H groups in total. The molecule has 5 nitrogen and oxygen atoms in total. The third-order valence-electron chi connectivity index (χ3n) is 4.08. The van der Waals surface area contributed by atoms with Crippen LogP contribution in [0.2, 0.25) is 0 Å². The van der Waals surface area contributed by atoms with Gasteiger partial charge in [0.1, 0.15) is 0 Å². The molecule has 1 unspecified atom stereocenters. The first-order chi connectivity index (χ1) is 9.71. The Morgan fingerprint density at radius 2 is 1.95 bits per heavy atom. The molecule has 1 saturated heterocycles. The largest absolute Gasteiger partial charge is 0.399 e. The van der Waals surface area contributed by atoms with E-state index in [-0.39, 0.29) is 23.3 Å². The first-order valence-electron chi connectivity index (χ1n) is 7.05. The van der Waals surface area contributed by atoms with Crippen molar-refractivity contribution in [2.24, 2.45) is 5.92 Å². The Balaban J connectivity index is 1.97. The Hall–Kier alpha value is -1.56. The number of nitrogens with one attached hydrogen (secondary N) is 1. The van der Waals surface area contributed by atoms with Crippen LogP contribution in [0.5, 0.6) is 0 Å². The summed E-state index contributed by atoms with van der Waals surface area (Å²) in [5.74, 6) is 0.336. The van der Waals surface area contributed by atoms with Crippen LogP contribution in [-0.2, 0) is 20.0 Å². The molecule has 0 saturated carbocycles. The van der Waals surface area contributed by atoms with E-state index < -0.39 is 15.3 Å². The average Bonchev–Trinajstić information content (AvgIpc) is 2.76. The summed E-state index contributed by atoms with van der Waals surface area (Å²) in [6.45, 7) is 4.11. The minimum Gasteiger partial charge on any atom is -0.399 e. The average molecular weight is 310 g/mol. The van der Waals surface area contributed by atoms with Gasteiger partial charge in [0.2, 0.25) is 5.91 Å². The van der Waals surface area contributed by atoms with Gasteiger partial charge < -0.3 is 11.1 Å². The quantitative estimate of drug-likeness (QED) is 0.815. The highest BCUT2D eigenvalue weighted by molar-refractivity contribution is 7.91. The van der Waals surface area contributed by atoms with Crippen LogP contribution in [0.1, 0.15) is 25.8 Å². The maximum Gasteiger partial charge on any atom is 0.230 e. The molecule has 1 aliphatic rings. The van der Waals surface area contributed by atoms with E-state index in [2.05, 4.69) is 5.32 Å². The number of nitrogens with two attached hydrogens (primary N) is 1. The summed E-state index contributed by atoms with van der Waals surface area (Å²) in [6.07, 6.45) is 0.630. The van der Waals surface area contributed by atoms with Crippen molar-refractivity contribution in [1.82, 2.24) is 5.32 Å². The van der Waals surface area contributed by atoms with E-state index in [1.165, 1.54) is 0 Å². The summed E-state index contributed by atoms with van der Waals surface area (Å²) in [6, 6.07) is 7.23. The van der Waals surface area contributed by atoms with Crippen molar-refractivity contribution >= 4 is 21.4 Å². The van der Waals surface area contributed by atoms with Crippen LogP contribution in [0.15, 0.2) is 24.3 Å². The fourth-order valence-corrected chi connectivity index (χ4v) is 4.38. The predicted molar refractivity (Wildman–Crippen MR) is 83.7 cm³/mol. The summed E-state index contributed by atoms with van der Waals surface area (Å²) < 4.78 is 22.8. The summed E-state index contributed by atoms with van der Waals surface area (Å²) in [5, 5.41) is 2.88. The molecule has 0 radical (unpaired) electrons. The number of benzene rings is 1. The van der Waals surface area contributed by atoms with Crippen molar-refractivity contribution in [3.63, 3.8) is 0 Å². The number of hydrogen-bond acceptors (Lipinski definition) is 4. The van der Waals surface area contributed by atoms with E-state index in [9.17, 15) is 13.2 Å². The Morgan fingerprint density at radius 3 is 2.48 bits per heavy atom. The van der Waals surface area contributed by atoms with Crippen LogP contribution in [-0.4, -0.2) is 32.4 Å². The second kappa shape index (κ2) is 5.67. The highest BCUT2D eigenvalue weighted by Gasteiger charge is 2.32. The molecule has 6 heteroatoms. The number of carbonyl (C=O) groups excluding carboxylic acids is 1. The van der Waals surface area contributed by atoms with E-state index in [0.717, 1.165) is 5.56 Å². The SMILES string of the molecule is CC(C)(C(=O)NCC1CCS(=O)(=O)C1)c1ccc(N)cc1. The standard InChI is InChI=1S/C15H22N2O3S/c1-15(2,12-3-5-13(16)6-4-12)14(18)17-9-11-7-8-21(19,20)10-11/h3-6,11H,7-10,16H2,1-2H3,(H,17,18). The Morgan fingerprint density at radius 1 is 1.33 bits per heavy atom. The topological polar surface area (TPSA) is 89.3 Å². The van der Waals surface area contributed by atoms with Gasteiger partial charge in [0.05, 0.1) is 16.9 Å². The van der Waals surface area contributed by atoms with E-state index >= 15 is 0 Å². The third kappa shape index (κ3) is 3.75. The molecular formula is C15H22N2O3S. The molecule has 116 valence electrons. The molecule has 1 fully saturated rings. The molecule has 0 aromatic heterocycles. The number of carbonyl (C=O) groups is 1. The molecule has 1 heterocycles. The molecule has 1 aromatic rings. The summed E-state index contributed by atoms with van der Waals surface area (Å²) in [5.41, 5.74) is 6.52. The predicted octanol–water partition coefficient (Wildman–Crippen LogP) is 1.10. The van der Waals surface area contributed by atoms with Gasteiger partial charge in [-0.05, 0) is 43.9 Å². The van der Waals surface area contributed by atoms with Gasteiger partial charge >= 0.3 is 0 Å². The number of nitrogen functional groups attached to an aromatic ring is 1. The normalized spacial score (nSPS) is 21.1. The first kappa shape index (κ1) is 15.8. The summed E-state index contributed by atoms with van der Waals surface area (Å²) in [4.78, 5) is 12.4. The molecule has 1 atom stereocenters. The van der Waals surface area contributed by atoms with Gasteiger partial charge in [-0.25, -0.2) is 8.42 Å². The number of sulfone groups is 1. The van der Waals surface area contributed by atoms with Crippen molar-refractivity contribution in [3.05, 3.63) is 29.8 Å². The Kier molecular flexibility index (Phi) is 4.27. The minimum absolute atomic E-state index is 0.0289. The third-order valence-corrected chi connectivity index (χ3v) is 5.92. The molecule has 1 aliphatic heterocycles. The van der Waals surface area contributed by atoms with E-state index in [4.69, 9.17) is 5.73 Å². The summed E-state index contributed by atoms with van der Waals surface area (Å²) >= 11 is 0. The number of anilines is 1. The van der Waals surface area contributed by atoms with Crippen LogP contribution in [0.25, 0.3) is 0 Å². The van der Waals surface area contributed by atoms with Gasteiger partial charge in [-0.15, -0.1) is 0 Å². The molecular weight excluding hydrogens is 288 g/mol. The maximum atomic E-state index is 12.4. The molecule has 0 bridgehead atoms. The molecule has 2 rings (SSSR count). The zero-order chi connectivity index (χ0) is 15.7. The number of amides is 1. The van der Waals surface area contributed by atoms with Crippen molar-refractivity contribution < 1.29 is 13.2 Å². The maximum absolute atomic E-state index is 12.4. The van der Waals surface area contributed by atoms with Gasteiger partial charge in [-0.3, -0.25) is 4.79 Å². The fraction of sp³-hybridized carbons (Fsp3) is 0.533. The Bertz CT molecular complexity index is 621. The number of rotatable bonds is 4. The van der Waals surface area contributed by atoms with Crippen molar-refractivity contribution in [3.8, 4) is 0 Å². The zero-order valence-electron chi connectivity index (χ0n) is 12.4. The molecule has 1 amide bonds. The van der Waals surface area contributed by atoms with Crippen LogP contribution in [0.3, 0.4) is 0 Å². The monoisotopic (exact) mass is 310 g/mol.